The van der Waals surface area contributed by atoms with Crippen LogP contribution in [0.15, 0.2) is 9.85 Å². The smallest absolute Gasteiger partial charge is 0.0756 e. The van der Waals surface area contributed by atoms with Gasteiger partial charge in [-0.2, -0.15) is 0 Å². The van der Waals surface area contributed by atoms with Gasteiger partial charge in [-0.3, -0.25) is 0 Å². The van der Waals surface area contributed by atoms with Gasteiger partial charge in [0.1, 0.15) is 0 Å². The molecule has 62 valence electrons. The van der Waals surface area contributed by atoms with Crippen molar-refractivity contribution in [3.63, 3.8) is 0 Å². The molecule has 0 saturated heterocycles. The lowest BCUT2D eigenvalue weighted by Crippen LogP contribution is -1.83. The minimum atomic E-state index is 0.705. The molecule has 0 N–H and O–H groups in total. The molecule has 0 radical (unpaired) electrons. The first-order chi connectivity index (χ1) is 5.27. The van der Waals surface area contributed by atoms with Gasteiger partial charge in [0.25, 0.3) is 0 Å². The Balaban J connectivity index is 2.79. The molecule has 0 amide bonds. The van der Waals surface area contributed by atoms with Crippen molar-refractivity contribution < 1.29 is 4.74 Å². The minimum absolute atomic E-state index is 0.705. The van der Waals surface area contributed by atoms with E-state index in [1.165, 1.54) is 14.2 Å². The highest BCUT2D eigenvalue weighted by Gasteiger charge is 2.03. The van der Waals surface area contributed by atoms with Gasteiger partial charge in [0.05, 0.1) is 10.4 Å². The Morgan fingerprint density at radius 2 is 2.36 bits per heavy atom. The number of hydrogen-bond donors (Lipinski definition) is 0. The van der Waals surface area contributed by atoms with Gasteiger partial charge in [0, 0.05) is 17.6 Å². The summed E-state index contributed by atoms with van der Waals surface area (Å²) < 4.78 is 6.25. The Bertz CT molecular complexity index is 232. The number of ether oxygens (including phenoxy) is 1. The van der Waals surface area contributed by atoms with Crippen LogP contribution in [0, 0.1) is 0 Å². The first-order valence-electron chi connectivity index (χ1n) is 3.54. The van der Waals surface area contributed by atoms with Gasteiger partial charge < -0.3 is 4.74 Å². The summed E-state index contributed by atoms with van der Waals surface area (Å²) in [6.45, 7) is 2.87. The minimum Gasteiger partial charge on any atom is -0.380 e. The number of halogens is 1. The molecule has 0 aliphatic rings. The Morgan fingerprint density at radius 1 is 1.64 bits per heavy atom. The average molecular weight is 235 g/mol. The fourth-order valence-electron chi connectivity index (χ4n) is 0.889. The molecule has 0 aliphatic heterocycles. The summed E-state index contributed by atoms with van der Waals surface area (Å²) in [6, 6.07) is 2.19. The Morgan fingerprint density at radius 3 is 2.82 bits per heavy atom. The van der Waals surface area contributed by atoms with Crippen LogP contribution < -0.4 is 0 Å². The first-order valence-corrected chi connectivity index (χ1v) is 5.15. The van der Waals surface area contributed by atoms with Crippen LogP contribution in [-0.4, -0.2) is 7.11 Å². The second-order valence-electron chi connectivity index (χ2n) is 2.30. The van der Waals surface area contributed by atoms with E-state index in [2.05, 4.69) is 28.9 Å². The van der Waals surface area contributed by atoms with Crippen LogP contribution in [0.5, 0.6) is 0 Å². The maximum absolute atomic E-state index is 5.04. The van der Waals surface area contributed by atoms with Crippen molar-refractivity contribution in [2.24, 2.45) is 0 Å². The van der Waals surface area contributed by atoms with Gasteiger partial charge in [-0.05, 0) is 28.4 Å². The second kappa shape index (κ2) is 4.24. The normalized spacial score (nSPS) is 10.5. The predicted octanol–water partition coefficient (Wildman–Crippen LogP) is 3.22. The van der Waals surface area contributed by atoms with Crippen molar-refractivity contribution >= 4 is 27.3 Å². The van der Waals surface area contributed by atoms with E-state index in [9.17, 15) is 0 Å². The lowest BCUT2D eigenvalue weighted by atomic mass is 10.3. The number of hydrogen-bond acceptors (Lipinski definition) is 2. The Labute approximate surface area is 79.5 Å². The molecule has 0 spiro atoms. The summed E-state index contributed by atoms with van der Waals surface area (Å²) in [5.74, 6) is 0. The van der Waals surface area contributed by atoms with Crippen molar-refractivity contribution in [1.82, 2.24) is 0 Å². The van der Waals surface area contributed by atoms with Crippen LogP contribution in [0.25, 0.3) is 0 Å². The summed E-state index contributed by atoms with van der Waals surface area (Å²) >= 11 is 5.29. The van der Waals surface area contributed by atoms with Crippen LogP contribution in [0.2, 0.25) is 0 Å². The van der Waals surface area contributed by atoms with E-state index < -0.39 is 0 Å². The molecule has 0 unspecified atom stereocenters. The van der Waals surface area contributed by atoms with E-state index in [-0.39, 0.29) is 0 Å². The van der Waals surface area contributed by atoms with Gasteiger partial charge in [-0.1, -0.05) is 6.92 Å². The molecule has 0 saturated carbocycles. The third-order valence-electron chi connectivity index (χ3n) is 1.46. The van der Waals surface area contributed by atoms with Crippen LogP contribution in [0.4, 0.5) is 0 Å². The van der Waals surface area contributed by atoms with E-state index in [0.29, 0.717) is 6.61 Å². The van der Waals surface area contributed by atoms with Crippen molar-refractivity contribution in [2.75, 3.05) is 7.11 Å². The summed E-state index contributed by atoms with van der Waals surface area (Å²) in [6.07, 6.45) is 1.10. The second-order valence-corrected chi connectivity index (χ2v) is 4.75. The Hall–Kier alpha value is 0.140. The molecule has 11 heavy (non-hydrogen) atoms. The molecule has 1 heterocycles. The predicted molar refractivity (Wildman–Crippen MR) is 52.1 cm³/mol. The van der Waals surface area contributed by atoms with Crippen LogP contribution in [-0.2, 0) is 17.8 Å². The number of methoxy groups -OCH3 is 1. The summed E-state index contributed by atoms with van der Waals surface area (Å²) in [4.78, 5) is 1.41. The lowest BCUT2D eigenvalue weighted by molar-refractivity contribution is 0.184. The molecule has 0 atom stereocenters. The fourth-order valence-corrected chi connectivity index (χ4v) is 2.57. The van der Waals surface area contributed by atoms with Gasteiger partial charge in [0.2, 0.25) is 0 Å². The van der Waals surface area contributed by atoms with E-state index in [4.69, 9.17) is 4.74 Å². The van der Waals surface area contributed by atoms with Crippen molar-refractivity contribution in [1.29, 1.82) is 0 Å². The summed E-state index contributed by atoms with van der Waals surface area (Å²) in [5, 5.41) is 0. The largest absolute Gasteiger partial charge is 0.380 e. The zero-order valence-electron chi connectivity index (χ0n) is 6.69. The monoisotopic (exact) mass is 234 g/mol. The van der Waals surface area contributed by atoms with E-state index >= 15 is 0 Å². The summed E-state index contributed by atoms with van der Waals surface area (Å²) in [5.41, 5.74) is 1.26. The SMILES string of the molecule is CCc1cc(COC)c(Br)s1. The maximum atomic E-state index is 5.04. The molecule has 3 heteroatoms. The van der Waals surface area contributed by atoms with Gasteiger partial charge in [-0.25, -0.2) is 0 Å². The number of thiophene rings is 1. The zero-order valence-corrected chi connectivity index (χ0v) is 9.09. The third-order valence-corrected chi connectivity index (χ3v) is 3.56. The number of aryl methyl sites for hydroxylation is 1. The molecular weight excluding hydrogens is 224 g/mol. The molecule has 0 aliphatic carbocycles. The molecule has 1 aromatic heterocycles. The maximum Gasteiger partial charge on any atom is 0.0756 e. The van der Waals surface area contributed by atoms with Gasteiger partial charge in [0.15, 0.2) is 0 Å². The molecular formula is C8H11BrOS. The highest BCUT2D eigenvalue weighted by atomic mass is 79.9. The van der Waals surface area contributed by atoms with E-state index in [1.54, 1.807) is 18.4 Å². The lowest BCUT2D eigenvalue weighted by Gasteiger charge is -1.93. The van der Waals surface area contributed by atoms with E-state index in [1.807, 2.05) is 0 Å². The van der Waals surface area contributed by atoms with Gasteiger partial charge in [-0.15, -0.1) is 11.3 Å². The topological polar surface area (TPSA) is 9.23 Å². The van der Waals surface area contributed by atoms with Crippen LogP contribution in [0.1, 0.15) is 17.4 Å². The van der Waals surface area contributed by atoms with Crippen LogP contribution in [0.3, 0.4) is 0 Å². The fraction of sp³-hybridized carbons (Fsp3) is 0.500. The average Bonchev–Trinajstić information content (AvgIpc) is 2.33. The molecule has 0 fully saturated rings. The third kappa shape index (κ3) is 2.29. The van der Waals surface area contributed by atoms with Crippen molar-refractivity contribution in [3.8, 4) is 0 Å². The summed E-state index contributed by atoms with van der Waals surface area (Å²) in [7, 11) is 1.72. The molecule has 1 rings (SSSR count). The molecule has 1 nitrogen and oxygen atoms in total. The van der Waals surface area contributed by atoms with Crippen LogP contribution >= 0.6 is 27.3 Å². The zero-order chi connectivity index (χ0) is 8.27. The highest BCUT2D eigenvalue weighted by molar-refractivity contribution is 9.11. The molecule has 0 aromatic carbocycles. The quantitative estimate of drug-likeness (QED) is 0.781. The molecule has 1 aromatic rings. The molecule has 0 bridgehead atoms. The Kier molecular flexibility index (Phi) is 3.55. The van der Waals surface area contributed by atoms with Crippen molar-refractivity contribution in [2.45, 2.75) is 20.0 Å². The van der Waals surface area contributed by atoms with Crippen molar-refractivity contribution in [3.05, 3.63) is 20.3 Å². The first kappa shape index (κ1) is 9.23. The highest BCUT2D eigenvalue weighted by Crippen LogP contribution is 2.28. The van der Waals surface area contributed by atoms with Gasteiger partial charge >= 0.3 is 0 Å². The van der Waals surface area contributed by atoms with E-state index in [0.717, 1.165) is 6.42 Å². The standard InChI is InChI=1S/C8H11BrOS/c1-3-7-4-6(5-10-2)8(9)11-7/h4H,3,5H2,1-2H3. The number of rotatable bonds is 3.